The van der Waals surface area contributed by atoms with Crippen LogP contribution in [0.15, 0.2) is 30.3 Å². The van der Waals surface area contributed by atoms with Gasteiger partial charge >= 0.3 is 7.80 Å². The number of benzene rings is 1. The molecule has 1 aliphatic heterocycles. The number of hydrogen-bond donors (Lipinski definition) is 0. The molecule has 0 aromatic heterocycles. The van der Waals surface area contributed by atoms with E-state index in [4.69, 9.17) is 0 Å². The second-order valence-corrected chi connectivity index (χ2v) is 7.50. The Labute approximate surface area is 104 Å². The second kappa shape index (κ2) is 4.53. The zero-order valence-electron chi connectivity index (χ0n) is 10.3. The molecular formula is C15H20OP+. The summed E-state index contributed by atoms with van der Waals surface area (Å²) in [7, 11) is -0.872. The Balaban J connectivity index is 1.87. The highest BCUT2D eigenvalue weighted by Gasteiger charge is 2.48. The molecule has 1 atom stereocenters. The molecule has 0 bridgehead atoms. The molecule has 1 unspecified atom stereocenters. The van der Waals surface area contributed by atoms with Crippen LogP contribution in [0.4, 0.5) is 0 Å². The van der Waals surface area contributed by atoms with Crippen LogP contribution in [-0.2, 0) is 4.57 Å². The summed E-state index contributed by atoms with van der Waals surface area (Å²) >= 11 is 0. The highest BCUT2D eigenvalue weighted by molar-refractivity contribution is 7.44. The summed E-state index contributed by atoms with van der Waals surface area (Å²) in [5.74, 6) is 0.729. The highest BCUT2D eigenvalue weighted by Crippen LogP contribution is 2.58. The lowest BCUT2D eigenvalue weighted by atomic mass is 9.70. The normalized spacial score (nSPS) is 35.3. The zero-order chi connectivity index (χ0) is 11.7. The maximum atomic E-state index is 11.6. The first kappa shape index (κ1) is 11.4. The van der Waals surface area contributed by atoms with Gasteiger partial charge in [-0.25, -0.2) is 0 Å². The molecule has 1 aromatic rings. The molecule has 1 spiro atoms. The smallest absolute Gasteiger partial charge is 0.0748 e. The lowest BCUT2D eigenvalue weighted by Crippen LogP contribution is -2.28. The van der Waals surface area contributed by atoms with E-state index in [1.165, 1.54) is 37.7 Å². The molecule has 3 rings (SSSR count). The molecule has 1 saturated carbocycles. The second-order valence-electron chi connectivity index (χ2n) is 5.65. The highest BCUT2D eigenvalue weighted by atomic mass is 31.1. The average Bonchev–Trinajstić information content (AvgIpc) is 2.78. The lowest BCUT2D eigenvalue weighted by Gasteiger charge is -2.36. The van der Waals surface area contributed by atoms with Crippen molar-refractivity contribution in [1.82, 2.24) is 0 Å². The minimum atomic E-state index is -0.872. The summed E-state index contributed by atoms with van der Waals surface area (Å²) in [6, 6.07) is 11.0. The van der Waals surface area contributed by atoms with Crippen molar-refractivity contribution in [2.24, 2.45) is 5.41 Å². The average molecular weight is 247 g/mol. The van der Waals surface area contributed by atoms with Crippen LogP contribution in [0.3, 0.4) is 0 Å². The number of hydrogen-bond acceptors (Lipinski definition) is 1. The van der Waals surface area contributed by atoms with Gasteiger partial charge in [0, 0.05) is 0 Å². The summed E-state index contributed by atoms with van der Waals surface area (Å²) in [5, 5.41) is 0. The predicted octanol–water partition coefficient (Wildman–Crippen LogP) is 4.56. The molecule has 1 heterocycles. The molecular weight excluding hydrogens is 227 g/mol. The van der Waals surface area contributed by atoms with Crippen LogP contribution in [0.1, 0.15) is 43.6 Å². The van der Waals surface area contributed by atoms with E-state index < -0.39 is 7.80 Å². The summed E-state index contributed by atoms with van der Waals surface area (Å²) in [5.41, 5.74) is 2.01. The van der Waals surface area contributed by atoms with E-state index in [1.807, 2.05) is 0 Å². The largest absolute Gasteiger partial charge is 0.338 e. The van der Waals surface area contributed by atoms with E-state index in [0.29, 0.717) is 5.41 Å². The Morgan fingerprint density at radius 1 is 1.06 bits per heavy atom. The van der Waals surface area contributed by atoms with E-state index in [2.05, 4.69) is 30.3 Å². The minimum Gasteiger partial charge on any atom is -0.0748 e. The van der Waals surface area contributed by atoms with Crippen molar-refractivity contribution < 1.29 is 4.57 Å². The van der Waals surface area contributed by atoms with Crippen LogP contribution < -0.4 is 0 Å². The van der Waals surface area contributed by atoms with Gasteiger partial charge in [0.2, 0.25) is 0 Å². The third-order valence-corrected chi connectivity index (χ3v) is 6.27. The van der Waals surface area contributed by atoms with E-state index in [1.54, 1.807) is 0 Å². The van der Waals surface area contributed by atoms with Gasteiger partial charge in [0.15, 0.2) is 0 Å². The van der Waals surface area contributed by atoms with E-state index in [9.17, 15) is 4.57 Å². The molecule has 90 valence electrons. The molecule has 2 fully saturated rings. The van der Waals surface area contributed by atoms with Gasteiger partial charge in [-0.3, -0.25) is 0 Å². The Bertz CT molecular complexity index is 402. The van der Waals surface area contributed by atoms with Crippen molar-refractivity contribution >= 4 is 7.80 Å². The topological polar surface area (TPSA) is 17.1 Å². The summed E-state index contributed by atoms with van der Waals surface area (Å²) < 4.78 is 11.6. The Hall–Kier alpha value is -0.680. The Morgan fingerprint density at radius 3 is 2.47 bits per heavy atom. The van der Waals surface area contributed by atoms with Crippen molar-refractivity contribution in [2.45, 2.75) is 38.0 Å². The molecule has 2 aliphatic rings. The van der Waals surface area contributed by atoms with Crippen LogP contribution in [0.5, 0.6) is 0 Å². The molecule has 1 saturated heterocycles. The molecule has 1 aliphatic carbocycles. The lowest BCUT2D eigenvalue weighted by molar-refractivity contribution is 0.230. The monoisotopic (exact) mass is 247 g/mol. The first-order valence-corrected chi connectivity index (χ1v) is 8.40. The summed E-state index contributed by atoms with van der Waals surface area (Å²) in [6.07, 6.45) is 8.38. The fourth-order valence-electron chi connectivity index (χ4n) is 3.87. The van der Waals surface area contributed by atoms with Gasteiger partial charge in [-0.05, 0) is 42.6 Å². The predicted molar refractivity (Wildman–Crippen MR) is 72.0 cm³/mol. The Morgan fingerprint density at radius 2 is 1.76 bits per heavy atom. The van der Waals surface area contributed by atoms with E-state index in [0.717, 1.165) is 18.2 Å². The number of rotatable bonds is 1. The van der Waals surface area contributed by atoms with Gasteiger partial charge in [0.1, 0.15) is 12.3 Å². The third kappa shape index (κ3) is 2.06. The standard InChI is InChI=1S/C15H20OP/c16-17-11-9-15(10-12-17)8-4-7-14(15)13-5-2-1-3-6-13/h1-3,5-6,14H,4,7-12H2/q+1. The van der Waals surface area contributed by atoms with Gasteiger partial charge in [-0.15, -0.1) is 0 Å². The van der Waals surface area contributed by atoms with Gasteiger partial charge in [-0.1, -0.05) is 41.3 Å². The van der Waals surface area contributed by atoms with Crippen molar-refractivity contribution in [2.75, 3.05) is 12.3 Å². The fraction of sp³-hybridized carbons (Fsp3) is 0.600. The quantitative estimate of drug-likeness (QED) is 0.665. The summed E-state index contributed by atoms with van der Waals surface area (Å²) in [4.78, 5) is 0. The summed E-state index contributed by atoms with van der Waals surface area (Å²) in [6.45, 7) is 0. The first-order chi connectivity index (χ1) is 8.30. The van der Waals surface area contributed by atoms with Crippen molar-refractivity contribution in [3.63, 3.8) is 0 Å². The van der Waals surface area contributed by atoms with Crippen molar-refractivity contribution in [3.05, 3.63) is 35.9 Å². The maximum Gasteiger partial charge on any atom is 0.338 e. The van der Waals surface area contributed by atoms with Crippen LogP contribution in [0, 0.1) is 5.41 Å². The Kier molecular flexibility index (Phi) is 3.04. The van der Waals surface area contributed by atoms with Crippen LogP contribution in [-0.4, -0.2) is 12.3 Å². The minimum absolute atomic E-state index is 0.491. The van der Waals surface area contributed by atoms with Gasteiger partial charge in [0.05, 0.1) is 0 Å². The van der Waals surface area contributed by atoms with Crippen molar-refractivity contribution in [1.29, 1.82) is 0 Å². The maximum absolute atomic E-state index is 11.6. The van der Waals surface area contributed by atoms with E-state index >= 15 is 0 Å². The zero-order valence-corrected chi connectivity index (χ0v) is 11.2. The van der Waals surface area contributed by atoms with Gasteiger partial charge in [0.25, 0.3) is 0 Å². The van der Waals surface area contributed by atoms with Crippen LogP contribution >= 0.6 is 7.80 Å². The molecule has 0 amide bonds. The van der Waals surface area contributed by atoms with Gasteiger partial charge < -0.3 is 0 Å². The molecule has 1 aromatic carbocycles. The first-order valence-electron chi connectivity index (χ1n) is 6.77. The molecule has 17 heavy (non-hydrogen) atoms. The molecule has 1 nitrogen and oxygen atoms in total. The third-order valence-electron chi connectivity index (χ3n) is 4.83. The van der Waals surface area contributed by atoms with Gasteiger partial charge in [-0.2, -0.15) is 0 Å². The fourth-order valence-corrected chi connectivity index (χ4v) is 5.49. The SMILES string of the molecule is O=[P+]1CCC2(CCCC2c2ccccc2)CC1. The van der Waals surface area contributed by atoms with Crippen LogP contribution in [0.2, 0.25) is 0 Å². The van der Waals surface area contributed by atoms with E-state index in [-0.39, 0.29) is 0 Å². The molecule has 0 N–H and O–H groups in total. The molecule has 0 radical (unpaired) electrons. The van der Waals surface area contributed by atoms with Crippen molar-refractivity contribution in [3.8, 4) is 0 Å². The molecule has 2 heteroatoms. The van der Waals surface area contributed by atoms with Crippen LogP contribution in [0.25, 0.3) is 0 Å².